The lowest BCUT2D eigenvalue weighted by Gasteiger charge is -2.08. The molecule has 0 saturated heterocycles. The van der Waals surface area contributed by atoms with Crippen LogP contribution >= 0.6 is 22.9 Å². The van der Waals surface area contributed by atoms with Crippen molar-refractivity contribution in [2.75, 3.05) is 5.32 Å². The lowest BCUT2D eigenvalue weighted by Crippen LogP contribution is -2.02. The fourth-order valence-electron chi connectivity index (χ4n) is 1.94. The van der Waals surface area contributed by atoms with Crippen LogP contribution in [-0.2, 0) is 6.54 Å². The molecule has 7 heteroatoms. The molecule has 0 aliphatic carbocycles. The Morgan fingerprint density at radius 3 is 3.00 bits per heavy atom. The molecule has 0 aliphatic heterocycles. The van der Waals surface area contributed by atoms with Crippen LogP contribution in [0.1, 0.15) is 15.5 Å². The number of hydrogen-bond donors (Lipinski definition) is 2. The second-order valence-electron chi connectivity index (χ2n) is 4.31. The fourth-order valence-corrected chi connectivity index (χ4v) is 2.81. The van der Waals surface area contributed by atoms with Gasteiger partial charge in [0.1, 0.15) is 5.01 Å². The van der Waals surface area contributed by atoms with Crippen molar-refractivity contribution in [3.05, 3.63) is 51.6 Å². The molecule has 1 aromatic carbocycles. The Bertz CT molecular complexity index is 819. The number of carboxylic acid groups (broad SMARTS) is 1. The number of thiazole rings is 1. The van der Waals surface area contributed by atoms with Gasteiger partial charge in [-0.1, -0.05) is 11.6 Å². The molecule has 0 bridgehead atoms. The molecule has 5 nitrogen and oxygen atoms in total. The summed E-state index contributed by atoms with van der Waals surface area (Å²) in [4.78, 5) is 19.1. The number of nitrogens with zero attached hydrogens (tertiary/aromatic N) is 2. The van der Waals surface area contributed by atoms with Crippen LogP contribution in [0.5, 0.6) is 0 Å². The van der Waals surface area contributed by atoms with Gasteiger partial charge in [0.15, 0.2) is 5.69 Å². The largest absolute Gasteiger partial charge is 0.476 e. The van der Waals surface area contributed by atoms with E-state index in [1.807, 2.05) is 18.2 Å². The molecular weight excluding hydrogens is 310 g/mol. The first-order valence-corrected chi connectivity index (χ1v) is 7.35. The van der Waals surface area contributed by atoms with Crippen LogP contribution in [0.2, 0.25) is 5.02 Å². The molecule has 0 aliphatic rings. The Labute approximate surface area is 129 Å². The topological polar surface area (TPSA) is 75.1 Å². The summed E-state index contributed by atoms with van der Waals surface area (Å²) < 4.78 is 0. The highest BCUT2D eigenvalue weighted by Crippen LogP contribution is 2.25. The number of anilines is 1. The minimum atomic E-state index is -1.01. The van der Waals surface area contributed by atoms with Gasteiger partial charge in [-0.2, -0.15) is 0 Å². The van der Waals surface area contributed by atoms with E-state index in [9.17, 15) is 4.79 Å². The summed E-state index contributed by atoms with van der Waals surface area (Å²) in [5, 5.41) is 15.9. The van der Waals surface area contributed by atoms with Crippen molar-refractivity contribution >= 4 is 45.5 Å². The molecule has 2 N–H and O–H groups in total. The number of fused-ring (bicyclic) bond motifs is 1. The van der Waals surface area contributed by atoms with E-state index in [0.717, 1.165) is 16.6 Å². The first-order valence-electron chi connectivity index (χ1n) is 6.09. The monoisotopic (exact) mass is 319 g/mol. The van der Waals surface area contributed by atoms with Gasteiger partial charge >= 0.3 is 5.97 Å². The maximum atomic E-state index is 10.8. The second kappa shape index (κ2) is 5.67. The zero-order valence-corrected chi connectivity index (χ0v) is 12.3. The molecule has 21 heavy (non-hydrogen) atoms. The molecule has 2 heterocycles. The number of rotatable bonds is 4. The molecular formula is C14H10ClN3O2S. The summed E-state index contributed by atoms with van der Waals surface area (Å²) in [7, 11) is 0. The highest BCUT2D eigenvalue weighted by molar-refractivity contribution is 7.09. The number of carbonyl (C=O) groups is 1. The SMILES string of the molecule is O=C(O)c1csc(CNc2ccnc3cc(Cl)ccc23)n1. The van der Waals surface area contributed by atoms with Crippen LogP contribution in [-0.4, -0.2) is 21.0 Å². The van der Waals surface area contributed by atoms with Crippen molar-refractivity contribution < 1.29 is 9.90 Å². The van der Waals surface area contributed by atoms with E-state index in [4.69, 9.17) is 16.7 Å². The van der Waals surface area contributed by atoms with Crippen molar-refractivity contribution in [2.24, 2.45) is 0 Å². The maximum absolute atomic E-state index is 10.8. The highest BCUT2D eigenvalue weighted by atomic mass is 35.5. The Hall–Kier alpha value is -2.18. The minimum Gasteiger partial charge on any atom is -0.476 e. The third-order valence-electron chi connectivity index (χ3n) is 2.91. The third kappa shape index (κ3) is 2.96. The molecule has 0 spiro atoms. The van der Waals surface area contributed by atoms with Gasteiger partial charge in [0.25, 0.3) is 0 Å². The maximum Gasteiger partial charge on any atom is 0.355 e. The van der Waals surface area contributed by atoms with E-state index in [0.29, 0.717) is 16.6 Å². The first-order chi connectivity index (χ1) is 10.1. The van der Waals surface area contributed by atoms with E-state index < -0.39 is 5.97 Å². The van der Waals surface area contributed by atoms with Gasteiger partial charge in [0.2, 0.25) is 0 Å². The number of nitrogens with one attached hydrogen (secondary N) is 1. The molecule has 3 rings (SSSR count). The smallest absolute Gasteiger partial charge is 0.355 e. The standard InChI is InChI=1S/C14H10ClN3O2S/c15-8-1-2-9-10(3-4-16-11(9)5-8)17-6-13-18-12(7-21-13)14(19)20/h1-5,7H,6H2,(H,16,17)(H,19,20). The molecule has 0 radical (unpaired) electrons. The van der Waals surface area contributed by atoms with E-state index in [1.54, 1.807) is 12.3 Å². The zero-order valence-electron chi connectivity index (χ0n) is 10.7. The number of benzene rings is 1. The fraction of sp³-hybridized carbons (Fsp3) is 0.0714. The van der Waals surface area contributed by atoms with E-state index in [-0.39, 0.29) is 5.69 Å². The number of hydrogen-bond acceptors (Lipinski definition) is 5. The van der Waals surface area contributed by atoms with Crippen molar-refractivity contribution in [3.63, 3.8) is 0 Å². The molecule has 0 unspecified atom stereocenters. The number of aromatic carboxylic acids is 1. The van der Waals surface area contributed by atoms with Crippen LogP contribution < -0.4 is 5.32 Å². The van der Waals surface area contributed by atoms with Gasteiger partial charge in [0.05, 0.1) is 12.1 Å². The average Bonchev–Trinajstić information content (AvgIpc) is 2.93. The van der Waals surface area contributed by atoms with Gasteiger partial charge in [-0.3, -0.25) is 4.98 Å². The Morgan fingerprint density at radius 1 is 1.38 bits per heavy atom. The summed E-state index contributed by atoms with van der Waals surface area (Å²) in [6, 6.07) is 7.37. The second-order valence-corrected chi connectivity index (χ2v) is 5.68. The molecule has 0 saturated carbocycles. The Morgan fingerprint density at radius 2 is 2.24 bits per heavy atom. The summed E-state index contributed by atoms with van der Waals surface area (Å²) in [5.41, 5.74) is 1.78. The predicted octanol–water partition coefficient (Wildman–Crippen LogP) is 3.66. The van der Waals surface area contributed by atoms with E-state index in [1.165, 1.54) is 16.7 Å². The molecule has 2 aromatic heterocycles. The van der Waals surface area contributed by atoms with Crippen molar-refractivity contribution in [1.82, 2.24) is 9.97 Å². The minimum absolute atomic E-state index is 0.0724. The third-order valence-corrected chi connectivity index (χ3v) is 3.99. The normalized spacial score (nSPS) is 10.7. The Balaban J connectivity index is 1.83. The van der Waals surface area contributed by atoms with Gasteiger partial charge in [-0.05, 0) is 24.3 Å². The van der Waals surface area contributed by atoms with Gasteiger partial charge < -0.3 is 10.4 Å². The molecule has 0 amide bonds. The van der Waals surface area contributed by atoms with Gasteiger partial charge in [0, 0.05) is 27.7 Å². The van der Waals surface area contributed by atoms with Crippen LogP contribution in [0.4, 0.5) is 5.69 Å². The van der Waals surface area contributed by atoms with Crippen LogP contribution in [0.3, 0.4) is 0 Å². The Kier molecular flexibility index (Phi) is 3.72. The lowest BCUT2D eigenvalue weighted by atomic mass is 10.2. The van der Waals surface area contributed by atoms with Crippen LogP contribution in [0.15, 0.2) is 35.8 Å². The molecule has 0 fully saturated rings. The summed E-state index contributed by atoms with van der Waals surface area (Å²) in [5.74, 6) is -1.01. The molecule has 3 aromatic rings. The van der Waals surface area contributed by atoms with Crippen LogP contribution in [0, 0.1) is 0 Å². The lowest BCUT2D eigenvalue weighted by molar-refractivity contribution is 0.0691. The quantitative estimate of drug-likeness (QED) is 0.767. The van der Waals surface area contributed by atoms with Crippen LogP contribution in [0.25, 0.3) is 10.9 Å². The predicted molar refractivity (Wildman–Crippen MR) is 83.2 cm³/mol. The zero-order chi connectivity index (χ0) is 14.8. The number of carboxylic acids is 1. The number of halogens is 1. The van der Waals surface area contributed by atoms with Crippen molar-refractivity contribution in [1.29, 1.82) is 0 Å². The number of aromatic nitrogens is 2. The van der Waals surface area contributed by atoms with Gasteiger partial charge in [-0.15, -0.1) is 11.3 Å². The molecule has 106 valence electrons. The van der Waals surface area contributed by atoms with Crippen molar-refractivity contribution in [3.8, 4) is 0 Å². The highest BCUT2D eigenvalue weighted by Gasteiger charge is 2.09. The summed E-state index contributed by atoms with van der Waals surface area (Å²) in [6.07, 6.45) is 1.70. The number of pyridine rings is 1. The molecule has 0 atom stereocenters. The first kappa shape index (κ1) is 13.8. The summed E-state index contributed by atoms with van der Waals surface area (Å²) >= 11 is 7.27. The van der Waals surface area contributed by atoms with E-state index >= 15 is 0 Å². The van der Waals surface area contributed by atoms with Crippen molar-refractivity contribution in [2.45, 2.75) is 6.54 Å². The average molecular weight is 320 g/mol. The summed E-state index contributed by atoms with van der Waals surface area (Å²) in [6.45, 7) is 0.458. The van der Waals surface area contributed by atoms with E-state index in [2.05, 4.69) is 15.3 Å². The van der Waals surface area contributed by atoms with Gasteiger partial charge in [-0.25, -0.2) is 9.78 Å².